The summed E-state index contributed by atoms with van der Waals surface area (Å²) in [6.07, 6.45) is 1.22. The highest BCUT2D eigenvalue weighted by Gasteiger charge is 2.28. The molecule has 7 nitrogen and oxygen atoms in total. The third-order valence-electron chi connectivity index (χ3n) is 3.84. The van der Waals surface area contributed by atoms with E-state index in [1.165, 1.54) is 14.2 Å². The van der Waals surface area contributed by atoms with Crippen LogP contribution in [0.4, 0.5) is 0 Å². The first-order chi connectivity index (χ1) is 10.6. The zero-order valence-corrected chi connectivity index (χ0v) is 12.4. The molecule has 116 valence electrons. The highest BCUT2D eigenvalue weighted by Crippen LogP contribution is 2.31. The van der Waals surface area contributed by atoms with Crippen LogP contribution in [0.3, 0.4) is 0 Å². The summed E-state index contributed by atoms with van der Waals surface area (Å²) in [5.41, 5.74) is 0.756. The van der Waals surface area contributed by atoms with E-state index in [-0.39, 0.29) is 17.6 Å². The molecule has 0 amide bonds. The topological polar surface area (TPSA) is 86.5 Å². The Balaban J connectivity index is 1.89. The number of hydrogen-bond donors (Lipinski definition) is 1. The quantitative estimate of drug-likeness (QED) is 0.862. The van der Waals surface area contributed by atoms with Gasteiger partial charge in [0.1, 0.15) is 5.82 Å². The molecule has 0 saturated heterocycles. The number of fused-ring (bicyclic) bond motifs is 1. The standard InChI is InChI=1S/C15H17N3O4/c1-21-12-7-9(3-4-11(12)19)14-16-13-8-10(15(20)22-2)5-6-18(13)17-14/h3-4,7,10,19H,5-6,8H2,1-2H3. The number of aromatic nitrogens is 3. The van der Waals surface area contributed by atoms with Gasteiger partial charge in [-0.2, -0.15) is 5.10 Å². The van der Waals surface area contributed by atoms with Crippen molar-refractivity contribution in [3.63, 3.8) is 0 Å². The summed E-state index contributed by atoms with van der Waals surface area (Å²) in [6, 6.07) is 4.97. The van der Waals surface area contributed by atoms with Gasteiger partial charge in [-0.05, 0) is 24.6 Å². The van der Waals surface area contributed by atoms with Gasteiger partial charge in [0.15, 0.2) is 17.3 Å². The van der Waals surface area contributed by atoms with Crippen LogP contribution in [0.15, 0.2) is 18.2 Å². The number of esters is 1. The van der Waals surface area contributed by atoms with Crippen LogP contribution in [0.2, 0.25) is 0 Å². The maximum atomic E-state index is 11.7. The van der Waals surface area contributed by atoms with Gasteiger partial charge < -0.3 is 14.6 Å². The predicted molar refractivity (Wildman–Crippen MR) is 77.5 cm³/mol. The van der Waals surface area contributed by atoms with E-state index in [1.54, 1.807) is 18.2 Å². The first kappa shape index (κ1) is 14.4. The van der Waals surface area contributed by atoms with Crippen molar-refractivity contribution in [1.29, 1.82) is 0 Å². The third kappa shape index (κ3) is 2.49. The van der Waals surface area contributed by atoms with Crippen LogP contribution >= 0.6 is 0 Å². The van der Waals surface area contributed by atoms with Gasteiger partial charge in [-0.3, -0.25) is 4.79 Å². The van der Waals surface area contributed by atoms with Gasteiger partial charge in [0.2, 0.25) is 0 Å². The number of nitrogens with zero attached hydrogens (tertiary/aromatic N) is 3. The Morgan fingerprint density at radius 3 is 2.95 bits per heavy atom. The Morgan fingerprint density at radius 1 is 1.41 bits per heavy atom. The molecular weight excluding hydrogens is 286 g/mol. The number of ether oxygens (including phenoxy) is 2. The SMILES string of the molecule is COC(=O)C1CCn2nc(-c3ccc(O)c(OC)c3)nc2C1. The second-order valence-corrected chi connectivity index (χ2v) is 5.17. The Hall–Kier alpha value is -2.57. The van der Waals surface area contributed by atoms with Crippen LogP contribution in [-0.2, 0) is 22.5 Å². The summed E-state index contributed by atoms with van der Waals surface area (Å²) >= 11 is 0. The number of aryl methyl sites for hydroxylation is 1. The summed E-state index contributed by atoms with van der Waals surface area (Å²) in [5.74, 6) is 1.40. The fourth-order valence-corrected chi connectivity index (χ4v) is 2.61. The average molecular weight is 303 g/mol. The van der Waals surface area contributed by atoms with E-state index in [1.807, 2.05) is 4.68 Å². The first-order valence-electron chi connectivity index (χ1n) is 7.01. The first-order valence-corrected chi connectivity index (χ1v) is 7.01. The second kappa shape index (κ2) is 5.67. The summed E-state index contributed by atoms with van der Waals surface area (Å²) in [5, 5.41) is 14.1. The van der Waals surface area contributed by atoms with Crippen molar-refractivity contribution in [1.82, 2.24) is 14.8 Å². The summed E-state index contributed by atoms with van der Waals surface area (Å²) < 4.78 is 11.7. The van der Waals surface area contributed by atoms with Crippen LogP contribution in [-0.4, -0.2) is 40.1 Å². The summed E-state index contributed by atoms with van der Waals surface area (Å²) in [6.45, 7) is 0.636. The van der Waals surface area contributed by atoms with E-state index in [2.05, 4.69) is 10.1 Å². The number of phenolic OH excluding ortho intramolecular Hbond substituents is 1. The van der Waals surface area contributed by atoms with E-state index >= 15 is 0 Å². The van der Waals surface area contributed by atoms with Crippen molar-refractivity contribution in [2.24, 2.45) is 5.92 Å². The maximum Gasteiger partial charge on any atom is 0.309 e. The van der Waals surface area contributed by atoms with E-state index in [4.69, 9.17) is 9.47 Å². The van der Waals surface area contributed by atoms with Crippen LogP contribution in [0.25, 0.3) is 11.4 Å². The predicted octanol–water partition coefficient (Wildman–Crippen LogP) is 1.39. The number of rotatable bonds is 3. The molecule has 3 rings (SSSR count). The van der Waals surface area contributed by atoms with Crippen LogP contribution in [0, 0.1) is 5.92 Å². The summed E-state index contributed by atoms with van der Waals surface area (Å²) in [4.78, 5) is 16.2. The molecule has 7 heteroatoms. The molecule has 1 unspecified atom stereocenters. The highest BCUT2D eigenvalue weighted by molar-refractivity contribution is 5.72. The molecular formula is C15H17N3O4. The van der Waals surface area contributed by atoms with Gasteiger partial charge in [0, 0.05) is 18.5 Å². The molecule has 0 radical (unpaired) electrons. The van der Waals surface area contributed by atoms with Crippen molar-refractivity contribution >= 4 is 5.97 Å². The van der Waals surface area contributed by atoms with Crippen molar-refractivity contribution in [2.45, 2.75) is 19.4 Å². The van der Waals surface area contributed by atoms with E-state index in [0.29, 0.717) is 31.0 Å². The minimum absolute atomic E-state index is 0.0703. The zero-order chi connectivity index (χ0) is 15.7. The normalized spacial score (nSPS) is 16.9. The maximum absolute atomic E-state index is 11.7. The smallest absolute Gasteiger partial charge is 0.309 e. The lowest BCUT2D eigenvalue weighted by molar-refractivity contribution is -0.146. The van der Waals surface area contributed by atoms with Crippen LogP contribution in [0.5, 0.6) is 11.5 Å². The minimum atomic E-state index is -0.206. The van der Waals surface area contributed by atoms with Gasteiger partial charge in [-0.1, -0.05) is 0 Å². The van der Waals surface area contributed by atoms with Gasteiger partial charge >= 0.3 is 5.97 Å². The van der Waals surface area contributed by atoms with Gasteiger partial charge in [0.25, 0.3) is 0 Å². The average Bonchev–Trinajstić information content (AvgIpc) is 2.97. The lowest BCUT2D eigenvalue weighted by Gasteiger charge is -2.19. The molecule has 1 aliphatic rings. The number of carbonyl (C=O) groups excluding carboxylic acids is 1. The largest absolute Gasteiger partial charge is 0.504 e. The van der Waals surface area contributed by atoms with Crippen molar-refractivity contribution in [3.05, 3.63) is 24.0 Å². The van der Waals surface area contributed by atoms with E-state index < -0.39 is 0 Å². The number of phenols is 1. The fraction of sp³-hybridized carbons (Fsp3) is 0.400. The second-order valence-electron chi connectivity index (χ2n) is 5.17. The molecule has 0 saturated carbocycles. The lowest BCUT2D eigenvalue weighted by Crippen LogP contribution is -2.27. The molecule has 1 aliphatic heterocycles. The number of benzene rings is 1. The van der Waals surface area contributed by atoms with Crippen molar-refractivity contribution in [2.75, 3.05) is 14.2 Å². The number of carbonyl (C=O) groups is 1. The number of aromatic hydroxyl groups is 1. The summed E-state index contributed by atoms with van der Waals surface area (Å²) in [7, 11) is 2.89. The monoisotopic (exact) mass is 303 g/mol. The molecule has 1 aromatic heterocycles. The van der Waals surface area contributed by atoms with Crippen molar-refractivity contribution in [3.8, 4) is 22.9 Å². The molecule has 1 aromatic carbocycles. The Kier molecular flexibility index (Phi) is 3.70. The van der Waals surface area contributed by atoms with Crippen LogP contribution in [0.1, 0.15) is 12.2 Å². The number of methoxy groups -OCH3 is 2. The van der Waals surface area contributed by atoms with E-state index in [0.717, 1.165) is 11.4 Å². The molecule has 0 bridgehead atoms. The van der Waals surface area contributed by atoms with Gasteiger partial charge in [-0.25, -0.2) is 9.67 Å². The molecule has 1 N–H and O–H groups in total. The Labute approximate surface area is 127 Å². The van der Waals surface area contributed by atoms with Crippen molar-refractivity contribution < 1.29 is 19.4 Å². The molecule has 1 atom stereocenters. The fourth-order valence-electron chi connectivity index (χ4n) is 2.61. The Morgan fingerprint density at radius 2 is 2.23 bits per heavy atom. The third-order valence-corrected chi connectivity index (χ3v) is 3.84. The van der Waals surface area contributed by atoms with Gasteiger partial charge in [0.05, 0.1) is 20.1 Å². The Bertz CT molecular complexity index is 711. The van der Waals surface area contributed by atoms with Gasteiger partial charge in [-0.15, -0.1) is 0 Å². The molecule has 22 heavy (non-hydrogen) atoms. The highest BCUT2D eigenvalue weighted by atomic mass is 16.5. The van der Waals surface area contributed by atoms with E-state index in [9.17, 15) is 9.90 Å². The lowest BCUT2D eigenvalue weighted by atomic mass is 9.98. The minimum Gasteiger partial charge on any atom is -0.504 e. The molecule has 0 fully saturated rings. The molecule has 0 aliphatic carbocycles. The van der Waals surface area contributed by atoms with Crippen LogP contribution < -0.4 is 4.74 Å². The molecule has 0 spiro atoms. The molecule has 2 aromatic rings. The number of hydrogen-bond acceptors (Lipinski definition) is 6. The zero-order valence-electron chi connectivity index (χ0n) is 12.4. The molecule has 2 heterocycles.